The zero-order chi connectivity index (χ0) is 26.7. The molecule has 0 atom stereocenters. The van der Waals surface area contributed by atoms with Gasteiger partial charge in [0.1, 0.15) is 0 Å². The Balaban J connectivity index is 1.35. The van der Waals surface area contributed by atoms with Crippen LogP contribution in [0.1, 0.15) is 0 Å². The van der Waals surface area contributed by atoms with Crippen molar-refractivity contribution in [2.45, 2.75) is 0 Å². The Bertz CT molecular complexity index is 2700. The third-order valence-corrected chi connectivity index (χ3v) is 9.99. The first kappa shape index (κ1) is 21.7. The molecule has 0 radical (unpaired) electrons. The van der Waals surface area contributed by atoms with Crippen molar-refractivity contribution in [3.63, 3.8) is 0 Å². The van der Waals surface area contributed by atoms with Gasteiger partial charge in [0.2, 0.25) is 0 Å². The number of fused-ring (bicyclic) bond motifs is 12. The summed E-state index contributed by atoms with van der Waals surface area (Å²) in [7, 11) is 0. The van der Waals surface area contributed by atoms with E-state index in [0.29, 0.717) is 0 Å². The summed E-state index contributed by atoms with van der Waals surface area (Å²) in [6.07, 6.45) is 0. The molecule has 0 aliphatic rings. The van der Waals surface area contributed by atoms with Gasteiger partial charge >= 0.3 is 0 Å². The maximum absolute atomic E-state index is 3.63. The van der Waals surface area contributed by atoms with Gasteiger partial charge in [-0.1, -0.05) is 84.9 Å². The van der Waals surface area contributed by atoms with Crippen molar-refractivity contribution >= 4 is 96.7 Å². The van der Waals surface area contributed by atoms with E-state index >= 15 is 0 Å². The number of aromatic nitrogens is 2. The topological polar surface area (TPSA) is 20.7 Å². The van der Waals surface area contributed by atoms with Gasteiger partial charge in [-0.05, 0) is 58.6 Å². The lowest BCUT2D eigenvalue weighted by Crippen LogP contribution is -1.96. The van der Waals surface area contributed by atoms with Gasteiger partial charge in [0.25, 0.3) is 0 Å². The van der Waals surface area contributed by atoms with Crippen molar-refractivity contribution in [3.05, 3.63) is 127 Å². The Labute approximate surface area is 238 Å². The molecule has 10 aromatic rings. The van der Waals surface area contributed by atoms with Gasteiger partial charge in [-0.15, -0.1) is 11.3 Å². The quantitative estimate of drug-likeness (QED) is 0.201. The largest absolute Gasteiger partial charge is 0.354 e. The lowest BCUT2D eigenvalue weighted by molar-refractivity contribution is 1.20. The van der Waals surface area contributed by atoms with Crippen LogP contribution in [0.3, 0.4) is 0 Å². The number of thiophene rings is 1. The highest BCUT2D eigenvalue weighted by Crippen LogP contribution is 2.43. The average molecular weight is 539 g/mol. The van der Waals surface area contributed by atoms with Gasteiger partial charge in [0.05, 0.1) is 16.7 Å². The smallest absolute Gasteiger partial charge is 0.0555 e. The second-order valence-corrected chi connectivity index (χ2v) is 12.1. The lowest BCUT2D eigenvalue weighted by atomic mass is 10.00. The highest BCUT2D eigenvalue weighted by Gasteiger charge is 2.18. The zero-order valence-corrected chi connectivity index (χ0v) is 22.8. The van der Waals surface area contributed by atoms with Crippen molar-refractivity contribution in [1.82, 2.24) is 9.55 Å². The molecule has 10 rings (SSSR count). The highest BCUT2D eigenvalue weighted by atomic mass is 32.1. The third kappa shape index (κ3) is 2.86. The minimum absolute atomic E-state index is 1.19. The molecule has 0 amide bonds. The van der Waals surface area contributed by atoms with E-state index in [9.17, 15) is 0 Å². The predicted octanol–water partition coefficient (Wildman–Crippen LogP) is 11.1. The monoisotopic (exact) mass is 538 g/mol. The number of aromatic amines is 1. The van der Waals surface area contributed by atoms with E-state index in [1.807, 2.05) is 11.3 Å². The summed E-state index contributed by atoms with van der Waals surface area (Å²) >= 11 is 1.89. The summed E-state index contributed by atoms with van der Waals surface area (Å²) in [5.74, 6) is 0. The Morgan fingerprint density at radius 2 is 1.07 bits per heavy atom. The summed E-state index contributed by atoms with van der Waals surface area (Å²) < 4.78 is 5.12. The Morgan fingerprint density at radius 3 is 1.95 bits per heavy atom. The van der Waals surface area contributed by atoms with Crippen molar-refractivity contribution in [1.29, 1.82) is 0 Å². The molecule has 3 aromatic heterocycles. The molecule has 7 aromatic carbocycles. The lowest BCUT2D eigenvalue weighted by Gasteiger charge is -2.14. The fourth-order valence-corrected chi connectivity index (χ4v) is 8.20. The van der Waals surface area contributed by atoms with Crippen LogP contribution in [0.4, 0.5) is 0 Å². The van der Waals surface area contributed by atoms with Crippen molar-refractivity contribution in [3.8, 4) is 5.69 Å². The third-order valence-electron chi connectivity index (χ3n) is 8.88. The number of para-hydroxylation sites is 2. The molecule has 0 bridgehead atoms. The number of hydrogen-bond donors (Lipinski definition) is 1. The van der Waals surface area contributed by atoms with Gasteiger partial charge in [-0.2, -0.15) is 0 Å². The van der Waals surface area contributed by atoms with Gasteiger partial charge in [-0.25, -0.2) is 0 Å². The van der Waals surface area contributed by atoms with Crippen molar-refractivity contribution in [2.75, 3.05) is 0 Å². The Morgan fingerprint density at radius 1 is 0.415 bits per heavy atom. The average Bonchev–Trinajstić information content (AvgIpc) is 3.67. The fourth-order valence-electron chi connectivity index (χ4n) is 7.06. The molecule has 0 unspecified atom stereocenters. The molecule has 41 heavy (non-hydrogen) atoms. The van der Waals surface area contributed by atoms with Crippen LogP contribution in [0.5, 0.6) is 0 Å². The van der Waals surface area contributed by atoms with Crippen LogP contribution >= 0.6 is 11.3 Å². The number of nitrogens with zero attached hydrogens (tertiary/aromatic N) is 1. The highest BCUT2D eigenvalue weighted by molar-refractivity contribution is 7.26. The number of hydrogen-bond acceptors (Lipinski definition) is 1. The van der Waals surface area contributed by atoms with E-state index in [4.69, 9.17) is 0 Å². The second kappa shape index (κ2) is 7.75. The van der Waals surface area contributed by atoms with Gasteiger partial charge < -0.3 is 9.55 Å². The van der Waals surface area contributed by atoms with Crippen LogP contribution in [0.25, 0.3) is 91.0 Å². The molecule has 190 valence electrons. The Kier molecular flexibility index (Phi) is 4.10. The van der Waals surface area contributed by atoms with Gasteiger partial charge in [0.15, 0.2) is 0 Å². The molecule has 1 N–H and O–H groups in total. The fraction of sp³-hybridized carbons (Fsp3) is 0. The Hall–Kier alpha value is -5.12. The van der Waals surface area contributed by atoms with Crippen molar-refractivity contribution < 1.29 is 0 Å². The SMILES string of the molecule is c1ccc2c(c1)cc(-n1c3ccccc3c3cc4c(cc31)sc1cc3[nH]c5ccccc5c3cc14)c1ccccc12. The van der Waals surface area contributed by atoms with Crippen LogP contribution in [-0.4, -0.2) is 9.55 Å². The zero-order valence-electron chi connectivity index (χ0n) is 22.0. The normalized spacial score (nSPS) is 12.4. The molecule has 3 heterocycles. The van der Waals surface area contributed by atoms with E-state index in [0.717, 1.165) is 0 Å². The standard InChI is InChI=1S/C38H22N2S/c1-2-10-23-22(9-1)17-35(26-13-4-3-11-24(23)26)40-34-16-8-6-14-27(34)29-19-31-30-18-28-25-12-5-7-15-32(25)39-33(28)20-37(30)41-38(31)21-36(29)40/h1-21,39H. The van der Waals surface area contributed by atoms with E-state index in [1.54, 1.807) is 0 Å². The van der Waals surface area contributed by atoms with Crippen LogP contribution in [0.2, 0.25) is 0 Å². The van der Waals surface area contributed by atoms with Crippen molar-refractivity contribution in [2.24, 2.45) is 0 Å². The first-order chi connectivity index (χ1) is 20.3. The van der Waals surface area contributed by atoms with Crippen LogP contribution < -0.4 is 0 Å². The van der Waals surface area contributed by atoms with E-state index in [2.05, 4.69) is 137 Å². The molecule has 2 nitrogen and oxygen atoms in total. The molecule has 0 saturated carbocycles. The van der Waals surface area contributed by atoms with E-state index in [1.165, 1.54) is 91.0 Å². The molecule has 0 saturated heterocycles. The van der Waals surface area contributed by atoms with E-state index in [-0.39, 0.29) is 0 Å². The second-order valence-electron chi connectivity index (χ2n) is 11.0. The molecular weight excluding hydrogens is 516 g/mol. The number of benzene rings is 7. The number of H-pyrrole nitrogens is 1. The molecule has 3 heteroatoms. The molecule has 0 aliphatic heterocycles. The summed E-state index contributed by atoms with van der Waals surface area (Å²) in [4.78, 5) is 3.63. The summed E-state index contributed by atoms with van der Waals surface area (Å²) in [5, 5.41) is 12.9. The molecular formula is C38H22N2S. The first-order valence-electron chi connectivity index (χ1n) is 14.0. The summed E-state index contributed by atoms with van der Waals surface area (Å²) in [6, 6.07) is 47.0. The van der Waals surface area contributed by atoms with Crippen LogP contribution in [0.15, 0.2) is 127 Å². The first-order valence-corrected chi connectivity index (χ1v) is 14.8. The van der Waals surface area contributed by atoms with Crippen LogP contribution in [-0.2, 0) is 0 Å². The molecule has 0 fully saturated rings. The van der Waals surface area contributed by atoms with Gasteiger partial charge in [0, 0.05) is 58.1 Å². The maximum atomic E-state index is 3.63. The predicted molar refractivity (Wildman–Crippen MR) is 178 cm³/mol. The maximum Gasteiger partial charge on any atom is 0.0555 e. The number of rotatable bonds is 1. The van der Waals surface area contributed by atoms with E-state index < -0.39 is 0 Å². The minimum atomic E-state index is 1.19. The summed E-state index contributed by atoms with van der Waals surface area (Å²) in [5.41, 5.74) is 6.11. The summed E-state index contributed by atoms with van der Waals surface area (Å²) in [6.45, 7) is 0. The van der Waals surface area contributed by atoms with Crippen LogP contribution in [0, 0.1) is 0 Å². The molecule has 0 aliphatic carbocycles. The minimum Gasteiger partial charge on any atom is -0.354 e. The van der Waals surface area contributed by atoms with Gasteiger partial charge in [-0.3, -0.25) is 0 Å². The number of nitrogens with one attached hydrogen (secondary N) is 1. The molecule has 0 spiro atoms.